The molecule has 1 heterocycles. The number of hydrazone groups is 1. The summed E-state index contributed by atoms with van der Waals surface area (Å²) in [4.78, 5) is 14.3. The summed E-state index contributed by atoms with van der Waals surface area (Å²) < 4.78 is 0. The molecule has 2 N–H and O–H groups in total. The van der Waals surface area contributed by atoms with Crippen molar-refractivity contribution in [1.82, 2.24) is 10.4 Å². The average Bonchev–Trinajstić information content (AvgIpc) is 2.19. The van der Waals surface area contributed by atoms with Crippen molar-refractivity contribution in [1.29, 1.82) is 0 Å². The topological polar surface area (TPSA) is 74.6 Å². The lowest BCUT2D eigenvalue weighted by molar-refractivity contribution is -0.123. The highest BCUT2D eigenvalue weighted by molar-refractivity contribution is 5.82. The monoisotopic (exact) mass is 179 g/mol. The maximum absolute atomic E-state index is 10.5. The van der Waals surface area contributed by atoms with E-state index in [1.807, 2.05) is 0 Å². The molecule has 1 rings (SSSR count). The second-order valence-corrected chi connectivity index (χ2v) is 2.23. The zero-order chi connectivity index (χ0) is 9.52. The van der Waals surface area contributed by atoms with Crippen LogP contribution in [0.1, 0.15) is 5.56 Å². The molecule has 0 atom stereocenters. The Kier molecular flexibility index (Phi) is 3.59. The molecule has 1 aromatic heterocycles. The van der Waals surface area contributed by atoms with Gasteiger partial charge in [0.1, 0.15) is 6.61 Å². The van der Waals surface area contributed by atoms with Gasteiger partial charge in [-0.05, 0) is 17.7 Å². The molecule has 0 spiro atoms. The highest BCUT2D eigenvalue weighted by atomic mass is 16.3. The number of aromatic nitrogens is 1. The van der Waals surface area contributed by atoms with Crippen molar-refractivity contribution in [2.45, 2.75) is 0 Å². The lowest BCUT2D eigenvalue weighted by atomic mass is 10.3. The smallest absolute Gasteiger partial charge is 0.265 e. The largest absolute Gasteiger partial charge is 0.386 e. The fourth-order valence-electron chi connectivity index (χ4n) is 0.664. The summed E-state index contributed by atoms with van der Waals surface area (Å²) in [6.45, 7) is -0.562. The molecule has 0 aliphatic heterocycles. The van der Waals surface area contributed by atoms with Crippen molar-refractivity contribution in [2.75, 3.05) is 6.61 Å². The molecule has 0 saturated heterocycles. The summed E-state index contributed by atoms with van der Waals surface area (Å²) in [5, 5.41) is 11.9. The molecule has 0 radical (unpaired) electrons. The molecule has 0 aromatic carbocycles. The number of hydrogen-bond acceptors (Lipinski definition) is 4. The lowest BCUT2D eigenvalue weighted by Crippen LogP contribution is -2.20. The normalized spacial score (nSPS) is 10.2. The molecule has 5 nitrogen and oxygen atoms in total. The SMILES string of the molecule is O=C(CO)N/N=C\c1ccncc1. The van der Waals surface area contributed by atoms with E-state index in [1.54, 1.807) is 24.5 Å². The van der Waals surface area contributed by atoms with Gasteiger partial charge in [-0.25, -0.2) is 5.43 Å². The van der Waals surface area contributed by atoms with Crippen molar-refractivity contribution in [3.8, 4) is 0 Å². The Labute approximate surface area is 75.1 Å². The first kappa shape index (κ1) is 9.34. The Morgan fingerprint density at radius 3 is 2.92 bits per heavy atom. The molecule has 1 amide bonds. The van der Waals surface area contributed by atoms with E-state index < -0.39 is 12.5 Å². The molecule has 0 aliphatic rings. The summed E-state index contributed by atoms with van der Waals surface area (Å²) in [5.74, 6) is -0.537. The van der Waals surface area contributed by atoms with Crippen LogP contribution >= 0.6 is 0 Å². The molecule has 0 aliphatic carbocycles. The summed E-state index contributed by atoms with van der Waals surface area (Å²) in [6.07, 6.45) is 4.71. The quantitative estimate of drug-likeness (QED) is 0.486. The number of pyridine rings is 1. The molecule has 0 saturated carbocycles. The van der Waals surface area contributed by atoms with Crippen molar-refractivity contribution in [3.63, 3.8) is 0 Å². The Bertz CT molecular complexity index is 298. The molecule has 0 unspecified atom stereocenters. The van der Waals surface area contributed by atoms with E-state index in [4.69, 9.17) is 5.11 Å². The minimum absolute atomic E-state index is 0.537. The maximum Gasteiger partial charge on any atom is 0.265 e. The molecule has 5 heteroatoms. The van der Waals surface area contributed by atoms with Gasteiger partial charge in [0.05, 0.1) is 6.21 Å². The lowest BCUT2D eigenvalue weighted by Gasteiger charge is -1.93. The van der Waals surface area contributed by atoms with E-state index in [2.05, 4.69) is 15.5 Å². The van der Waals surface area contributed by atoms with Crippen LogP contribution in [0.5, 0.6) is 0 Å². The first-order valence-electron chi connectivity index (χ1n) is 3.65. The minimum atomic E-state index is -0.562. The predicted molar refractivity (Wildman–Crippen MR) is 47.1 cm³/mol. The van der Waals surface area contributed by atoms with Crippen molar-refractivity contribution in [3.05, 3.63) is 30.1 Å². The van der Waals surface area contributed by atoms with E-state index in [0.717, 1.165) is 5.56 Å². The third kappa shape index (κ3) is 3.44. The van der Waals surface area contributed by atoms with Crippen molar-refractivity contribution < 1.29 is 9.90 Å². The van der Waals surface area contributed by atoms with Crippen LogP contribution in [-0.2, 0) is 4.79 Å². The van der Waals surface area contributed by atoms with Crippen molar-refractivity contribution in [2.24, 2.45) is 5.10 Å². The molecule has 0 bridgehead atoms. The van der Waals surface area contributed by atoms with Crippen LogP contribution < -0.4 is 5.43 Å². The van der Waals surface area contributed by atoms with Gasteiger partial charge in [0.25, 0.3) is 5.91 Å². The number of carbonyl (C=O) groups is 1. The van der Waals surface area contributed by atoms with Crippen LogP contribution in [0.4, 0.5) is 0 Å². The first-order valence-corrected chi connectivity index (χ1v) is 3.65. The summed E-state index contributed by atoms with van der Waals surface area (Å²) in [6, 6.07) is 3.49. The van der Waals surface area contributed by atoms with E-state index in [9.17, 15) is 4.79 Å². The van der Waals surface area contributed by atoms with E-state index >= 15 is 0 Å². The van der Waals surface area contributed by atoms with Gasteiger partial charge in [-0.15, -0.1) is 0 Å². The fourth-order valence-corrected chi connectivity index (χ4v) is 0.664. The number of nitrogens with zero attached hydrogens (tertiary/aromatic N) is 2. The molecule has 13 heavy (non-hydrogen) atoms. The molecule has 68 valence electrons. The predicted octanol–water partition coefficient (Wildman–Crippen LogP) is -0.476. The Balaban J connectivity index is 2.45. The highest BCUT2D eigenvalue weighted by Gasteiger charge is 1.92. The number of aliphatic hydroxyl groups is 1. The minimum Gasteiger partial charge on any atom is -0.386 e. The second-order valence-electron chi connectivity index (χ2n) is 2.23. The molecular formula is C8H9N3O2. The summed E-state index contributed by atoms with van der Waals surface area (Å²) >= 11 is 0. The van der Waals surface area contributed by atoms with Crippen LogP contribution in [0.2, 0.25) is 0 Å². The molecule has 1 aromatic rings. The zero-order valence-electron chi connectivity index (χ0n) is 6.84. The van der Waals surface area contributed by atoms with Gasteiger partial charge in [-0.1, -0.05) is 0 Å². The molecule has 0 fully saturated rings. The van der Waals surface area contributed by atoms with Gasteiger partial charge >= 0.3 is 0 Å². The molecular weight excluding hydrogens is 170 g/mol. The number of nitrogens with one attached hydrogen (secondary N) is 1. The van der Waals surface area contributed by atoms with E-state index in [1.165, 1.54) is 6.21 Å². The van der Waals surface area contributed by atoms with Gasteiger partial charge < -0.3 is 5.11 Å². The van der Waals surface area contributed by atoms with Gasteiger partial charge in [0.2, 0.25) is 0 Å². The van der Waals surface area contributed by atoms with Crippen LogP contribution in [-0.4, -0.2) is 28.8 Å². The van der Waals surface area contributed by atoms with Crippen molar-refractivity contribution >= 4 is 12.1 Å². The van der Waals surface area contributed by atoms with Gasteiger partial charge in [0.15, 0.2) is 0 Å². The maximum atomic E-state index is 10.5. The standard InChI is InChI=1S/C8H9N3O2/c12-6-8(13)11-10-5-7-1-3-9-4-2-7/h1-5,12H,6H2,(H,11,13)/b10-5-. The Hall–Kier alpha value is -1.75. The highest BCUT2D eigenvalue weighted by Crippen LogP contribution is 1.89. The number of rotatable bonds is 3. The average molecular weight is 179 g/mol. The van der Waals surface area contributed by atoms with Crippen LogP contribution in [0.3, 0.4) is 0 Å². The summed E-state index contributed by atoms with van der Waals surface area (Å²) in [7, 11) is 0. The number of carbonyl (C=O) groups excluding carboxylic acids is 1. The van der Waals surface area contributed by atoms with Crippen LogP contribution in [0, 0.1) is 0 Å². The van der Waals surface area contributed by atoms with Crippen LogP contribution in [0.25, 0.3) is 0 Å². The summed E-state index contributed by atoms with van der Waals surface area (Å²) in [5.41, 5.74) is 2.97. The second kappa shape index (κ2) is 5.00. The number of hydrogen-bond donors (Lipinski definition) is 2. The van der Waals surface area contributed by atoms with Gasteiger partial charge in [0, 0.05) is 12.4 Å². The van der Waals surface area contributed by atoms with E-state index in [-0.39, 0.29) is 0 Å². The van der Waals surface area contributed by atoms with E-state index in [0.29, 0.717) is 0 Å². The van der Waals surface area contributed by atoms with Gasteiger partial charge in [-0.3, -0.25) is 9.78 Å². The Morgan fingerprint density at radius 1 is 1.62 bits per heavy atom. The third-order valence-electron chi connectivity index (χ3n) is 1.25. The number of aliphatic hydroxyl groups excluding tert-OH is 1. The fraction of sp³-hybridized carbons (Fsp3) is 0.125. The Morgan fingerprint density at radius 2 is 2.31 bits per heavy atom. The first-order chi connectivity index (χ1) is 6.33. The van der Waals surface area contributed by atoms with Crippen LogP contribution in [0.15, 0.2) is 29.6 Å². The van der Waals surface area contributed by atoms with Gasteiger partial charge in [-0.2, -0.15) is 5.10 Å². The zero-order valence-corrected chi connectivity index (χ0v) is 6.84. The number of amides is 1. The third-order valence-corrected chi connectivity index (χ3v) is 1.25.